The number of nitrogens with one attached hydrogen (secondary N) is 1. The van der Waals surface area contributed by atoms with Gasteiger partial charge in [-0.3, -0.25) is 0 Å². The van der Waals surface area contributed by atoms with Crippen LogP contribution in [0.1, 0.15) is 52.7 Å². The molecular formula is C52H40BN2OS2. The molecule has 7 aromatic carbocycles. The zero-order chi connectivity index (χ0) is 39.2. The smallest absolute Gasteiger partial charge is 0.211 e. The fraction of sp³-hybridized carbons (Fsp3) is 0.154. The van der Waals surface area contributed by atoms with E-state index in [4.69, 9.17) is 4.42 Å². The van der Waals surface area contributed by atoms with Gasteiger partial charge in [0.25, 0.3) is 0 Å². The van der Waals surface area contributed by atoms with E-state index in [1.807, 2.05) is 22.7 Å². The van der Waals surface area contributed by atoms with Crippen LogP contribution in [0.25, 0.3) is 90.8 Å². The van der Waals surface area contributed by atoms with Gasteiger partial charge in [0.15, 0.2) is 0 Å². The van der Waals surface area contributed by atoms with Crippen molar-refractivity contribution in [3.63, 3.8) is 0 Å². The van der Waals surface area contributed by atoms with E-state index in [0.717, 1.165) is 33.3 Å². The number of hydrogen-bond donors (Lipinski definition) is 1. The van der Waals surface area contributed by atoms with E-state index in [9.17, 15) is 0 Å². The Morgan fingerprint density at radius 2 is 1.28 bits per heavy atom. The highest BCUT2D eigenvalue weighted by molar-refractivity contribution is 7.29. The molecule has 1 N–H and O–H groups in total. The summed E-state index contributed by atoms with van der Waals surface area (Å²) in [5.41, 5.74) is 14.2. The summed E-state index contributed by atoms with van der Waals surface area (Å²) in [6.45, 7) is 13.7. The highest BCUT2D eigenvalue weighted by Crippen LogP contribution is 2.45. The second kappa shape index (κ2) is 11.9. The Morgan fingerprint density at radius 3 is 2.09 bits per heavy atom. The lowest BCUT2D eigenvalue weighted by molar-refractivity contribution is 0.590. The Balaban J connectivity index is 1.16. The van der Waals surface area contributed by atoms with E-state index >= 15 is 0 Å². The number of anilines is 2. The molecule has 6 heteroatoms. The first-order valence-electron chi connectivity index (χ1n) is 20.2. The van der Waals surface area contributed by atoms with Gasteiger partial charge in [0.2, 0.25) is 7.28 Å². The van der Waals surface area contributed by atoms with E-state index in [1.165, 1.54) is 90.2 Å². The van der Waals surface area contributed by atoms with Gasteiger partial charge in [0.1, 0.15) is 11.2 Å². The fourth-order valence-corrected chi connectivity index (χ4v) is 11.5. The summed E-state index contributed by atoms with van der Waals surface area (Å²) in [6, 6.07) is 47.5. The molecule has 0 fully saturated rings. The molecule has 12 rings (SSSR count). The number of hydrogen-bond acceptors (Lipinski definition) is 4. The van der Waals surface area contributed by atoms with Gasteiger partial charge in [-0.05, 0) is 92.4 Å². The molecule has 4 aromatic heterocycles. The molecule has 58 heavy (non-hydrogen) atoms. The summed E-state index contributed by atoms with van der Waals surface area (Å²) in [6.07, 6.45) is 0. The average Bonchev–Trinajstić information content (AvgIpc) is 3.95. The maximum Gasteiger partial charge on any atom is 0.211 e. The van der Waals surface area contributed by atoms with Crippen molar-refractivity contribution in [3.05, 3.63) is 139 Å². The number of rotatable bonds is 3. The minimum atomic E-state index is 0.0304. The summed E-state index contributed by atoms with van der Waals surface area (Å²) >= 11 is 3.77. The molecule has 0 amide bonds. The van der Waals surface area contributed by atoms with Gasteiger partial charge in [-0.15, -0.1) is 22.7 Å². The molecule has 0 bridgehead atoms. The Bertz CT molecular complexity index is 3530. The van der Waals surface area contributed by atoms with E-state index in [-0.39, 0.29) is 10.8 Å². The van der Waals surface area contributed by atoms with Crippen LogP contribution in [0.3, 0.4) is 0 Å². The molecule has 279 valence electrons. The van der Waals surface area contributed by atoms with Gasteiger partial charge in [-0.25, -0.2) is 0 Å². The van der Waals surface area contributed by atoms with Crippen molar-refractivity contribution in [1.29, 1.82) is 0 Å². The van der Waals surface area contributed by atoms with E-state index < -0.39 is 0 Å². The highest BCUT2D eigenvalue weighted by atomic mass is 32.1. The maximum atomic E-state index is 6.56. The summed E-state index contributed by atoms with van der Waals surface area (Å²) < 4.78 is 14.3. The molecule has 3 nitrogen and oxygen atoms in total. The topological polar surface area (TPSA) is 30.1 Å². The number of fused-ring (bicyclic) bond motifs is 13. The van der Waals surface area contributed by atoms with Crippen LogP contribution in [0.4, 0.5) is 11.4 Å². The third kappa shape index (κ3) is 4.98. The van der Waals surface area contributed by atoms with E-state index in [0.29, 0.717) is 0 Å². The van der Waals surface area contributed by atoms with Crippen LogP contribution in [0.2, 0.25) is 0 Å². The van der Waals surface area contributed by atoms with Crippen molar-refractivity contribution in [2.75, 3.05) is 5.32 Å². The number of aromatic nitrogens is 1. The monoisotopic (exact) mass is 783 g/mol. The largest absolute Gasteiger partial charge is 0.456 e. The lowest BCUT2D eigenvalue weighted by Crippen LogP contribution is -2.35. The first kappa shape index (κ1) is 34.2. The predicted molar refractivity (Wildman–Crippen MR) is 254 cm³/mol. The molecule has 0 atom stereocenters. The highest BCUT2D eigenvalue weighted by Gasteiger charge is 2.31. The number of furan rings is 1. The van der Waals surface area contributed by atoms with Gasteiger partial charge >= 0.3 is 0 Å². The fourth-order valence-electron chi connectivity index (χ4n) is 9.30. The van der Waals surface area contributed by atoms with Crippen molar-refractivity contribution in [2.45, 2.75) is 52.4 Å². The van der Waals surface area contributed by atoms with Gasteiger partial charge < -0.3 is 14.3 Å². The summed E-state index contributed by atoms with van der Waals surface area (Å²) in [5, 5.41) is 12.6. The number of benzene rings is 7. The molecule has 0 unspecified atom stereocenters. The Kier molecular flexibility index (Phi) is 7.01. The average molecular weight is 784 g/mol. The minimum Gasteiger partial charge on any atom is -0.456 e. The molecule has 1 aliphatic rings. The molecule has 1 radical (unpaired) electrons. The summed E-state index contributed by atoms with van der Waals surface area (Å²) in [5.74, 6) is 0. The normalized spacial score (nSPS) is 13.1. The molecule has 0 saturated heterocycles. The molecule has 0 aliphatic carbocycles. The van der Waals surface area contributed by atoms with Crippen LogP contribution in [0.15, 0.2) is 132 Å². The predicted octanol–water partition coefficient (Wildman–Crippen LogP) is 14.2. The van der Waals surface area contributed by atoms with Crippen molar-refractivity contribution >= 4 is 126 Å². The van der Waals surface area contributed by atoms with Gasteiger partial charge in [0.05, 0.1) is 11.2 Å². The van der Waals surface area contributed by atoms with Crippen LogP contribution in [-0.4, -0.2) is 11.8 Å². The minimum absolute atomic E-state index is 0.0304. The lowest BCUT2D eigenvalue weighted by Gasteiger charge is -2.23. The number of para-hydroxylation sites is 1. The van der Waals surface area contributed by atoms with Crippen LogP contribution >= 0.6 is 22.7 Å². The number of nitrogens with zero attached hydrogens (tertiary/aromatic N) is 1. The second-order valence-corrected chi connectivity index (χ2v) is 20.3. The first-order chi connectivity index (χ1) is 28.0. The third-order valence-corrected chi connectivity index (χ3v) is 14.6. The van der Waals surface area contributed by atoms with Crippen LogP contribution in [-0.2, 0) is 10.8 Å². The molecular weight excluding hydrogens is 744 g/mol. The quantitative estimate of drug-likeness (QED) is 0.181. The van der Waals surface area contributed by atoms with Gasteiger partial charge in [-0.2, -0.15) is 0 Å². The summed E-state index contributed by atoms with van der Waals surface area (Å²) in [4.78, 5) is 0. The van der Waals surface area contributed by atoms with Crippen molar-refractivity contribution in [2.24, 2.45) is 0 Å². The van der Waals surface area contributed by atoms with Crippen LogP contribution in [0.5, 0.6) is 0 Å². The molecule has 1 aliphatic heterocycles. The second-order valence-electron chi connectivity index (χ2n) is 18.1. The SMILES string of the molecule is CC(C)(C)c1ccc(Nc2cc3c(cc2-c2ccc4c5cc6c(cc5n5c4c2[B]c2sc4ccc(C(C)(C)C)cc4c2-5)oc2ccccc26)sc2ccccc23)cc1. The van der Waals surface area contributed by atoms with Gasteiger partial charge in [0, 0.05) is 80.3 Å². The maximum absolute atomic E-state index is 6.56. The van der Waals surface area contributed by atoms with Crippen LogP contribution < -0.4 is 15.6 Å². The Morgan fingerprint density at radius 1 is 0.534 bits per heavy atom. The van der Waals surface area contributed by atoms with E-state index in [1.54, 1.807) is 0 Å². The Hall–Kier alpha value is -5.82. The molecule has 5 heterocycles. The molecule has 0 spiro atoms. The standard InChI is InChI=1S/C52H40BN2OS2/c1-51(2,3)28-15-18-30(19-16-28)54-40-25-38-32-12-8-10-14-44(32)57-46(38)26-35(40)33-20-21-34-36-24-37-31-11-7-9-13-42(31)56-43(37)27-41(36)55-48(34)47(33)53-50-49(55)39-23-29(52(4,5)6)17-22-45(39)58-50/h7-27,54H,1-6H3. The third-order valence-electron chi connectivity index (χ3n) is 12.4. The Labute approximate surface area is 345 Å². The first-order valence-corrected chi connectivity index (χ1v) is 21.8. The van der Waals surface area contributed by atoms with Crippen molar-refractivity contribution in [3.8, 4) is 16.8 Å². The number of thiophene rings is 2. The molecule has 0 saturated carbocycles. The van der Waals surface area contributed by atoms with Crippen molar-refractivity contribution in [1.82, 2.24) is 4.57 Å². The van der Waals surface area contributed by atoms with Crippen LogP contribution in [0, 0.1) is 0 Å². The lowest BCUT2D eigenvalue weighted by atomic mass is 9.63. The zero-order valence-corrected chi connectivity index (χ0v) is 35.0. The molecule has 11 aromatic rings. The zero-order valence-electron chi connectivity index (χ0n) is 33.4. The van der Waals surface area contributed by atoms with Crippen molar-refractivity contribution < 1.29 is 4.42 Å². The summed E-state index contributed by atoms with van der Waals surface area (Å²) in [7, 11) is 2.48. The van der Waals surface area contributed by atoms with Gasteiger partial charge in [-0.1, -0.05) is 108 Å². The van der Waals surface area contributed by atoms with E-state index in [2.05, 4.69) is 186 Å².